The Bertz CT molecular complexity index is 1430. The summed E-state index contributed by atoms with van der Waals surface area (Å²) in [6, 6.07) is 14.4. The van der Waals surface area contributed by atoms with Crippen LogP contribution in [0.1, 0.15) is 37.7 Å². The van der Waals surface area contributed by atoms with Crippen molar-refractivity contribution in [2.75, 3.05) is 45.1 Å². The van der Waals surface area contributed by atoms with E-state index >= 15 is 0 Å². The highest BCUT2D eigenvalue weighted by Crippen LogP contribution is 2.29. The van der Waals surface area contributed by atoms with Gasteiger partial charge in [0.2, 0.25) is 0 Å². The van der Waals surface area contributed by atoms with Crippen LogP contribution in [0.3, 0.4) is 0 Å². The number of nitrogens with zero attached hydrogens (tertiary/aromatic N) is 4. The van der Waals surface area contributed by atoms with Gasteiger partial charge in [-0.25, -0.2) is 9.97 Å². The molecule has 2 aromatic heterocycles. The number of nitrogen functional groups attached to an aromatic ring is 1. The minimum absolute atomic E-state index is 0.115. The van der Waals surface area contributed by atoms with Crippen molar-refractivity contribution in [1.29, 1.82) is 0 Å². The van der Waals surface area contributed by atoms with Crippen molar-refractivity contribution in [2.24, 2.45) is 0 Å². The van der Waals surface area contributed by atoms with E-state index in [2.05, 4.69) is 82.9 Å². The third kappa shape index (κ3) is 5.31. The molecule has 4 N–H and O–H groups in total. The Balaban J connectivity index is 1.18. The van der Waals surface area contributed by atoms with E-state index in [0.717, 1.165) is 78.0 Å². The molecule has 2 aromatic carbocycles. The molecule has 5 rings (SSSR count). The maximum absolute atomic E-state index is 6.04. The number of aromatic amines is 2. The minimum atomic E-state index is 0.115. The van der Waals surface area contributed by atoms with Gasteiger partial charge in [-0.2, -0.15) is 0 Å². The lowest BCUT2D eigenvalue weighted by atomic mass is 9.87. The molecule has 1 fully saturated rings. The highest BCUT2D eigenvalue weighted by Gasteiger charge is 2.22. The normalized spacial score (nSPS) is 14.7. The maximum Gasteiger partial charge on any atom is 0.198 e. The van der Waals surface area contributed by atoms with Crippen LogP contribution in [0.2, 0.25) is 0 Å². The maximum atomic E-state index is 6.04. The zero-order chi connectivity index (χ0) is 26.9. The second-order valence-electron chi connectivity index (χ2n) is 10.8. The Morgan fingerprint density at radius 1 is 1.05 bits per heavy atom. The number of hydrogen-bond donors (Lipinski definition) is 3. The molecule has 0 radical (unpaired) electrons. The molecule has 38 heavy (non-hydrogen) atoms. The molecule has 8 heteroatoms. The van der Waals surface area contributed by atoms with Crippen LogP contribution in [0.5, 0.6) is 5.75 Å². The topological polar surface area (TPSA) is 99.1 Å². The Morgan fingerprint density at radius 2 is 1.79 bits per heavy atom. The molecular formula is C30H37N7O. The number of benzene rings is 2. The standard InChI is InChI=1S/C30H37N7O/c1-6-23-26(34-28(32-23)21-10-12-22(13-11-21)30(3,4)5)20(2)37-16-14-36(15-17-37)18-19-38-25-9-7-8-24-27(25)35-29(31)33-24/h6-13H,1-2,14-19H2,3-5H3,(H,32,34)(H3,31,33,35). The number of aromatic nitrogens is 4. The first kappa shape index (κ1) is 25.6. The smallest absolute Gasteiger partial charge is 0.198 e. The van der Waals surface area contributed by atoms with Gasteiger partial charge in [-0.1, -0.05) is 64.3 Å². The first-order valence-corrected chi connectivity index (χ1v) is 13.1. The predicted octanol–water partition coefficient (Wildman–Crippen LogP) is 5.14. The number of para-hydroxylation sites is 1. The van der Waals surface area contributed by atoms with Crippen LogP contribution in [-0.2, 0) is 5.41 Å². The van der Waals surface area contributed by atoms with E-state index in [1.165, 1.54) is 5.56 Å². The van der Waals surface area contributed by atoms with Gasteiger partial charge in [0, 0.05) is 38.3 Å². The number of H-pyrrole nitrogens is 2. The number of imidazole rings is 2. The van der Waals surface area contributed by atoms with Crippen LogP contribution in [0.4, 0.5) is 5.95 Å². The van der Waals surface area contributed by atoms with Crippen LogP contribution in [0.25, 0.3) is 34.2 Å². The minimum Gasteiger partial charge on any atom is -0.490 e. The van der Waals surface area contributed by atoms with E-state index in [1.807, 2.05) is 24.3 Å². The first-order chi connectivity index (χ1) is 18.2. The number of rotatable bonds is 8. The quantitative estimate of drug-likeness (QED) is 0.303. The summed E-state index contributed by atoms with van der Waals surface area (Å²) in [7, 11) is 0. The lowest BCUT2D eigenvalue weighted by Gasteiger charge is -2.36. The molecule has 0 atom stereocenters. The molecule has 0 saturated carbocycles. The number of fused-ring (bicyclic) bond motifs is 1. The van der Waals surface area contributed by atoms with Gasteiger partial charge in [-0.15, -0.1) is 0 Å². The molecule has 4 aromatic rings. The van der Waals surface area contributed by atoms with Crippen LogP contribution >= 0.6 is 0 Å². The highest BCUT2D eigenvalue weighted by molar-refractivity contribution is 5.83. The fraction of sp³-hybridized carbons (Fsp3) is 0.333. The molecule has 0 unspecified atom stereocenters. The molecule has 198 valence electrons. The van der Waals surface area contributed by atoms with Gasteiger partial charge in [-0.3, -0.25) is 4.90 Å². The average molecular weight is 512 g/mol. The number of nitrogens with one attached hydrogen (secondary N) is 2. The van der Waals surface area contributed by atoms with Crippen molar-refractivity contribution < 1.29 is 4.74 Å². The Morgan fingerprint density at radius 3 is 2.47 bits per heavy atom. The summed E-state index contributed by atoms with van der Waals surface area (Å²) in [5.41, 5.74) is 12.6. The molecule has 0 aliphatic carbocycles. The summed E-state index contributed by atoms with van der Waals surface area (Å²) in [5, 5.41) is 0. The third-order valence-electron chi connectivity index (χ3n) is 7.15. The van der Waals surface area contributed by atoms with Gasteiger partial charge < -0.3 is 25.3 Å². The molecule has 3 heterocycles. The molecule has 8 nitrogen and oxygen atoms in total. The summed E-state index contributed by atoms with van der Waals surface area (Å²) < 4.78 is 6.04. The van der Waals surface area contributed by atoms with Crippen molar-refractivity contribution in [1.82, 2.24) is 29.7 Å². The van der Waals surface area contributed by atoms with Crippen molar-refractivity contribution in [3.63, 3.8) is 0 Å². The number of anilines is 1. The first-order valence-electron chi connectivity index (χ1n) is 13.1. The molecule has 1 aliphatic rings. The number of ether oxygens (including phenoxy) is 1. The van der Waals surface area contributed by atoms with E-state index in [9.17, 15) is 0 Å². The summed E-state index contributed by atoms with van der Waals surface area (Å²) in [6.45, 7) is 20.1. The zero-order valence-electron chi connectivity index (χ0n) is 22.6. The van der Waals surface area contributed by atoms with E-state index in [4.69, 9.17) is 15.5 Å². The molecule has 1 aliphatic heterocycles. The van der Waals surface area contributed by atoms with Crippen molar-refractivity contribution in [3.05, 3.63) is 72.6 Å². The Kier molecular flexibility index (Phi) is 6.99. The van der Waals surface area contributed by atoms with E-state index in [1.54, 1.807) is 0 Å². The summed E-state index contributed by atoms with van der Waals surface area (Å²) in [5.74, 6) is 1.98. The summed E-state index contributed by atoms with van der Waals surface area (Å²) in [4.78, 5) is 20.5. The molecule has 1 saturated heterocycles. The Labute approximate surface area is 224 Å². The Hall–Kier alpha value is -4.04. The fourth-order valence-corrected chi connectivity index (χ4v) is 4.84. The molecule has 0 amide bonds. The van der Waals surface area contributed by atoms with Gasteiger partial charge >= 0.3 is 0 Å². The van der Waals surface area contributed by atoms with Crippen molar-refractivity contribution in [2.45, 2.75) is 26.2 Å². The van der Waals surface area contributed by atoms with Crippen LogP contribution in [-0.4, -0.2) is 69.1 Å². The third-order valence-corrected chi connectivity index (χ3v) is 7.15. The predicted molar refractivity (Wildman–Crippen MR) is 156 cm³/mol. The second-order valence-corrected chi connectivity index (χ2v) is 10.8. The van der Waals surface area contributed by atoms with Gasteiger partial charge in [-0.05, 0) is 29.2 Å². The summed E-state index contributed by atoms with van der Waals surface area (Å²) >= 11 is 0. The number of hydrogen-bond acceptors (Lipinski definition) is 6. The number of piperazine rings is 1. The zero-order valence-corrected chi connectivity index (χ0v) is 22.6. The summed E-state index contributed by atoms with van der Waals surface area (Å²) in [6.07, 6.45) is 1.82. The van der Waals surface area contributed by atoms with Crippen LogP contribution in [0, 0.1) is 0 Å². The average Bonchev–Trinajstić information content (AvgIpc) is 3.52. The van der Waals surface area contributed by atoms with Gasteiger partial charge in [0.15, 0.2) is 5.95 Å². The van der Waals surface area contributed by atoms with Gasteiger partial charge in [0.05, 0.1) is 16.9 Å². The second kappa shape index (κ2) is 10.4. The SMILES string of the molecule is C=Cc1[nH]c(-c2ccc(C(C)(C)C)cc2)nc1C(=C)N1CCN(CCOc2cccc3[nH]c(N)nc23)CC1. The van der Waals surface area contributed by atoms with Crippen molar-refractivity contribution in [3.8, 4) is 17.1 Å². The van der Waals surface area contributed by atoms with Crippen LogP contribution in [0.15, 0.2) is 55.6 Å². The molecule has 0 spiro atoms. The van der Waals surface area contributed by atoms with E-state index < -0.39 is 0 Å². The highest BCUT2D eigenvalue weighted by atomic mass is 16.5. The van der Waals surface area contributed by atoms with Gasteiger partial charge in [0.25, 0.3) is 0 Å². The molecule has 0 bridgehead atoms. The fourth-order valence-electron chi connectivity index (χ4n) is 4.84. The van der Waals surface area contributed by atoms with Gasteiger partial charge in [0.1, 0.15) is 29.4 Å². The van der Waals surface area contributed by atoms with E-state index in [0.29, 0.717) is 12.6 Å². The van der Waals surface area contributed by atoms with Crippen LogP contribution < -0.4 is 10.5 Å². The van der Waals surface area contributed by atoms with Crippen molar-refractivity contribution >= 4 is 28.8 Å². The number of nitrogens with two attached hydrogens (primary N) is 1. The lowest BCUT2D eigenvalue weighted by Crippen LogP contribution is -2.46. The van der Waals surface area contributed by atoms with E-state index in [-0.39, 0.29) is 5.41 Å². The lowest BCUT2D eigenvalue weighted by molar-refractivity contribution is 0.150. The molecular weight excluding hydrogens is 474 g/mol. The monoisotopic (exact) mass is 511 g/mol. The largest absolute Gasteiger partial charge is 0.490 e.